The van der Waals surface area contributed by atoms with Crippen LogP contribution >= 0.6 is 0 Å². The third kappa shape index (κ3) is 2.53. The number of benzene rings is 1. The third-order valence-corrected chi connectivity index (χ3v) is 4.09. The highest BCUT2D eigenvalue weighted by atomic mass is 16.1. The van der Waals surface area contributed by atoms with Gasteiger partial charge in [0.25, 0.3) is 0 Å². The summed E-state index contributed by atoms with van der Waals surface area (Å²) in [5, 5.41) is 0. The number of hydrogen-bond acceptors (Lipinski definition) is 2. The van der Waals surface area contributed by atoms with Crippen molar-refractivity contribution in [2.45, 2.75) is 52.4 Å². The Balaban J connectivity index is 3.16. The van der Waals surface area contributed by atoms with Crippen LogP contribution in [0.5, 0.6) is 0 Å². The van der Waals surface area contributed by atoms with Gasteiger partial charge < -0.3 is 0 Å². The SMILES string of the molecule is CC(=O)C(C)(C)c1ccc(C(C)(C)C(C)=O)cc1. The second-order valence-electron chi connectivity index (χ2n) is 5.94. The summed E-state index contributed by atoms with van der Waals surface area (Å²) in [5.74, 6) is 0.280. The lowest BCUT2D eigenvalue weighted by atomic mass is 9.77. The van der Waals surface area contributed by atoms with Crippen LogP contribution in [-0.2, 0) is 20.4 Å². The maximum absolute atomic E-state index is 11.6. The smallest absolute Gasteiger partial charge is 0.139 e. The summed E-state index contributed by atoms with van der Waals surface area (Å²) in [7, 11) is 0. The first-order valence-corrected chi connectivity index (χ1v) is 6.23. The summed E-state index contributed by atoms with van der Waals surface area (Å²) >= 11 is 0. The Labute approximate surface area is 109 Å². The Kier molecular flexibility index (Phi) is 3.80. The van der Waals surface area contributed by atoms with E-state index in [0.717, 1.165) is 11.1 Å². The molecule has 2 heteroatoms. The van der Waals surface area contributed by atoms with E-state index in [1.54, 1.807) is 13.8 Å². The topological polar surface area (TPSA) is 34.1 Å². The molecule has 2 nitrogen and oxygen atoms in total. The van der Waals surface area contributed by atoms with Gasteiger partial charge in [-0.25, -0.2) is 0 Å². The zero-order chi connectivity index (χ0) is 14.1. The quantitative estimate of drug-likeness (QED) is 0.815. The molecule has 0 spiro atoms. The monoisotopic (exact) mass is 246 g/mol. The van der Waals surface area contributed by atoms with Crippen molar-refractivity contribution >= 4 is 11.6 Å². The van der Waals surface area contributed by atoms with Crippen molar-refractivity contribution < 1.29 is 9.59 Å². The van der Waals surface area contributed by atoms with Gasteiger partial charge in [-0.15, -0.1) is 0 Å². The molecule has 0 aliphatic rings. The van der Waals surface area contributed by atoms with Crippen molar-refractivity contribution in [3.05, 3.63) is 35.4 Å². The second kappa shape index (κ2) is 4.68. The Hall–Kier alpha value is -1.44. The van der Waals surface area contributed by atoms with Crippen molar-refractivity contribution in [3.63, 3.8) is 0 Å². The lowest BCUT2D eigenvalue weighted by Gasteiger charge is -2.25. The Morgan fingerprint density at radius 3 is 1.11 bits per heavy atom. The maximum atomic E-state index is 11.6. The largest absolute Gasteiger partial charge is 0.299 e. The lowest BCUT2D eigenvalue weighted by Crippen LogP contribution is -2.28. The summed E-state index contributed by atoms with van der Waals surface area (Å²) in [6.45, 7) is 10.9. The molecule has 98 valence electrons. The van der Waals surface area contributed by atoms with Crippen molar-refractivity contribution in [2.75, 3.05) is 0 Å². The van der Waals surface area contributed by atoms with Crippen molar-refractivity contribution in [1.29, 1.82) is 0 Å². The van der Waals surface area contributed by atoms with E-state index in [2.05, 4.69) is 0 Å². The Bertz CT molecular complexity index is 419. The molecule has 0 radical (unpaired) electrons. The maximum Gasteiger partial charge on any atom is 0.139 e. The molecule has 0 amide bonds. The van der Waals surface area contributed by atoms with Crippen LogP contribution in [0.2, 0.25) is 0 Å². The van der Waals surface area contributed by atoms with Crippen LogP contribution in [0.25, 0.3) is 0 Å². The molecule has 0 saturated carbocycles. The van der Waals surface area contributed by atoms with E-state index in [4.69, 9.17) is 0 Å². The predicted octanol–water partition coefficient (Wildman–Crippen LogP) is 3.42. The fraction of sp³-hybridized carbons (Fsp3) is 0.500. The molecule has 0 heterocycles. The zero-order valence-corrected chi connectivity index (χ0v) is 12.1. The highest BCUT2D eigenvalue weighted by molar-refractivity contribution is 5.88. The highest BCUT2D eigenvalue weighted by Crippen LogP contribution is 2.29. The van der Waals surface area contributed by atoms with Crippen molar-refractivity contribution in [3.8, 4) is 0 Å². The number of hydrogen-bond donors (Lipinski definition) is 0. The van der Waals surface area contributed by atoms with Crippen LogP contribution in [0.15, 0.2) is 24.3 Å². The lowest BCUT2D eigenvalue weighted by molar-refractivity contribution is -0.122. The van der Waals surface area contributed by atoms with Crippen LogP contribution < -0.4 is 0 Å². The predicted molar refractivity (Wildman–Crippen MR) is 73.9 cm³/mol. The summed E-state index contributed by atoms with van der Waals surface area (Å²) in [5.41, 5.74) is 1.02. The van der Waals surface area contributed by atoms with E-state index in [0.29, 0.717) is 0 Å². The van der Waals surface area contributed by atoms with Gasteiger partial charge in [-0.2, -0.15) is 0 Å². The molecule has 0 N–H and O–H groups in total. The molecule has 0 aliphatic heterocycles. The Morgan fingerprint density at radius 1 is 0.722 bits per heavy atom. The van der Waals surface area contributed by atoms with Gasteiger partial charge in [0.05, 0.1) is 0 Å². The van der Waals surface area contributed by atoms with E-state index in [1.807, 2.05) is 52.0 Å². The minimum Gasteiger partial charge on any atom is -0.299 e. The van der Waals surface area contributed by atoms with E-state index < -0.39 is 10.8 Å². The van der Waals surface area contributed by atoms with Gasteiger partial charge in [0.15, 0.2) is 0 Å². The van der Waals surface area contributed by atoms with Crippen LogP contribution in [-0.4, -0.2) is 11.6 Å². The molecule has 0 saturated heterocycles. The van der Waals surface area contributed by atoms with E-state index >= 15 is 0 Å². The van der Waals surface area contributed by atoms with Gasteiger partial charge in [0.2, 0.25) is 0 Å². The summed E-state index contributed by atoms with van der Waals surface area (Å²) in [6, 6.07) is 7.78. The summed E-state index contributed by atoms with van der Waals surface area (Å²) in [6.07, 6.45) is 0. The van der Waals surface area contributed by atoms with E-state index in [-0.39, 0.29) is 11.6 Å². The van der Waals surface area contributed by atoms with Gasteiger partial charge in [-0.05, 0) is 52.7 Å². The second-order valence-corrected chi connectivity index (χ2v) is 5.94. The third-order valence-electron chi connectivity index (χ3n) is 4.09. The molecular formula is C16H22O2. The number of ketones is 2. The normalized spacial score (nSPS) is 12.3. The van der Waals surface area contributed by atoms with E-state index in [1.165, 1.54) is 0 Å². The molecule has 0 atom stereocenters. The average molecular weight is 246 g/mol. The van der Waals surface area contributed by atoms with Crippen molar-refractivity contribution in [2.24, 2.45) is 0 Å². The molecule has 18 heavy (non-hydrogen) atoms. The van der Waals surface area contributed by atoms with Gasteiger partial charge in [0, 0.05) is 10.8 Å². The average Bonchev–Trinajstić information content (AvgIpc) is 2.28. The minimum atomic E-state index is -0.473. The first kappa shape index (κ1) is 14.6. The highest BCUT2D eigenvalue weighted by Gasteiger charge is 2.29. The molecule has 0 fully saturated rings. The molecule has 1 rings (SSSR count). The van der Waals surface area contributed by atoms with Gasteiger partial charge in [-0.3, -0.25) is 9.59 Å². The molecule has 1 aromatic rings. The number of rotatable bonds is 4. The summed E-state index contributed by atoms with van der Waals surface area (Å²) in [4.78, 5) is 23.2. The zero-order valence-electron chi connectivity index (χ0n) is 12.1. The molecule has 1 aromatic carbocycles. The first-order chi connectivity index (χ1) is 8.10. The van der Waals surface area contributed by atoms with Crippen LogP contribution in [0.1, 0.15) is 52.7 Å². The summed E-state index contributed by atoms with van der Waals surface area (Å²) < 4.78 is 0. The number of carbonyl (C=O) groups excluding carboxylic acids is 2. The van der Waals surface area contributed by atoms with E-state index in [9.17, 15) is 9.59 Å². The molecule has 0 aromatic heterocycles. The fourth-order valence-corrected chi connectivity index (χ4v) is 1.71. The molecule has 0 unspecified atom stereocenters. The number of Topliss-reactive ketones (excluding diaryl/α,β-unsaturated/α-hetero) is 2. The fourth-order valence-electron chi connectivity index (χ4n) is 1.71. The van der Waals surface area contributed by atoms with Crippen LogP contribution in [0, 0.1) is 0 Å². The van der Waals surface area contributed by atoms with Crippen LogP contribution in [0.3, 0.4) is 0 Å². The molecular weight excluding hydrogens is 224 g/mol. The number of carbonyl (C=O) groups is 2. The molecule has 0 aliphatic carbocycles. The molecule has 0 bridgehead atoms. The standard InChI is InChI=1S/C16H22O2/c1-11(17)15(3,4)13-7-9-14(10-8-13)16(5,6)12(2)18/h7-10H,1-6H3. The minimum absolute atomic E-state index is 0.140. The van der Waals surface area contributed by atoms with Crippen LogP contribution in [0.4, 0.5) is 0 Å². The van der Waals surface area contributed by atoms with Gasteiger partial charge in [0.1, 0.15) is 11.6 Å². The Morgan fingerprint density at radius 2 is 0.944 bits per heavy atom. The van der Waals surface area contributed by atoms with Gasteiger partial charge >= 0.3 is 0 Å². The van der Waals surface area contributed by atoms with Crippen molar-refractivity contribution in [1.82, 2.24) is 0 Å². The van der Waals surface area contributed by atoms with Gasteiger partial charge in [-0.1, -0.05) is 24.3 Å². The first-order valence-electron chi connectivity index (χ1n) is 6.23.